The summed E-state index contributed by atoms with van der Waals surface area (Å²) in [6.45, 7) is 5.86. The average Bonchev–Trinajstić information content (AvgIpc) is 2.96. The molecule has 2 aliphatic heterocycles. The molecule has 9 heteroatoms. The quantitative estimate of drug-likeness (QED) is 0.334. The van der Waals surface area contributed by atoms with E-state index in [0.717, 1.165) is 82.3 Å². The Hall–Kier alpha value is -1.87. The van der Waals surface area contributed by atoms with E-state index in [1.807, 2.05) is 29.2 Å². The SMILES string of the molecule is CCCCN1C(=O)[C@@H]([C@H](O)C2CCCCC2)NC(=O)C12CCN(CCCCOc1ccc(CO)cc1)CC2.Cl. The molecule has 8 nitrogen and oxygen atoms in total. The molecule has 0 aromatic heterocycles. The van der Waals surface area contributed by atoms with Crippen LogP contribution in [0.25, 0.3) is 0 Å². The number of hydrogen-bond donors (Lipinski definition) is 3. The Balaban J connectivity index is 0.00000420. The summed E-state index contributed by atoms with van der Waals surface area (Å²) in [5, 5.41) is 23.2. The van der Waals surface area contributed by atoms with Crippen LogP contribution in [0.5, 0.6) is 5.75 Å². The predicted molar refractivity (Wildman–Crippen MR) is 154 cm³/mol. The maximum Gasteiger partial charge on any atom is 0.248 e. The zero-order valence-corrected chi connectivity index (χ0v) is 24.3. The van der Waals surface area contributed by atoms with Crippen molar-refractivity contribution in [3.63, 3.8) is 0 Å². The number of piperazine rings is 1. The zero-order chi connectivity index (χ0) is 27.0. The molecule has 3 N–H and O–H groups in total. The van der Waals surface area contributed by atoms with Crippen LogP contribution in [0.1, 0.15) is 83.1 Å². The molecular formula is C30H48ClN3O5. The van der Waals surface area contributed by atoms with Gasteiger partial charge in [0.15, 0.2) is 0 Å². The molecule has 39 heavy (non-hydrogen) atoms. The fourth-order valence-corrected chi connectivity index (χ4v) is 6.42. The number of carbonyl (C=O) groups excluding carboxylic acids is 2. The lowest BCUT2D eigenvalue weighted by Gasteiger charge is -2.52. The minimum absolute atomic E-state index is 0. The summed E-state index contributed by atoms with van der Waals surface area (Å²) >= 11 is 0. The lowest BCUT2D eigenvalue weighted by atomic mass is 9.78. The standard InChI is InChI=1S/C30H47N3O5.ClH/c1-2-3-18-33-28(36)26(27(35)24-9-5-4-6-10-24)31-29(37)30(33)15-19-32(20-16-30)17-7-8-21-38-25-13-11-23(22-34)12-14-25;/h11-14,24,26-27,34-35H,2-10,15-22H2,1H3,(H,31,37);1H/t26-,27-;/m1./s1. The van der Waals surface area contributed by atoms with E-state index in [-0.39, 0.29) is 36.7 Å². The monoisotopic (exact) mass is 565 g/mol. The maximum absolute atomic E-state index is 13.7. The van der Waals surface area contributed by atoms with E-state index in [2.05, 4.69) is 17.1 Å². The second kappa shape index (κ2) is 15.2. The molecule has 2 atom stereocenters. The topological polar surface area (TPSA) is 102 Å². The van der Waals surface area contributed by atoms with Crippen molar-refractivity contribution >= 4 is 24.2 Å². The van der Waals surface area contributed by atoms with Crippen molar-refractivity contribution < 1.29 is 24.5 Å². The maximum atomic E-state index is 13.7. The highest BCUT2D eigenvalue weighted by atomic mass is 35.5. The highest BCUT2D eigenvalue weighted by Crippen LogP contribution is 2.36. The molecule has 2 amide bonds. The van der Waals surface area contributed by atoms with Gasteiger partial charge in [0.25, 0.3) is 0 Å². The summed E-state index contributed by atoms with van der Waals surface area (Å²) in [7, 11) is 0. The van der Waals surface area contributed by atoms with Gasteiger partial charge in [-0.1, -0.05) is 44.7 Å². The van der Waals surface area contributed by atoms with E-state index in [1.165, 1.54) is 6.42 Å². The number of carbonyl (C=O) groups is 2. The van der Waals surface area contributed by atoms with Crippen LogP contribution in [0, 0.1) is 5.92 Å². The van der Waals surface area contributed by atoms with E-state index < -0.39 is 17.7 Å². The predicted octanol–water partition coefficient (Wildman–Crippen LogP) is 3.66. The lowest BCUT2D eigenvalue weighted by molar-refractivity contribution is -0.165. The minimum Gasteiger partial charge on any atom is -0.494 e. The van der Waals surface area contributed by atoms with Gasteiger partial charge in [0, 0.05) is 19.6 Å². The summed E-state index contributed by atoms with van der Waals surface area (Å²) < 4.78 is 5.82. The van der Waals surface area contributed by atoms with Gasteiger partial charge in [-0.05, 0) is 75.1 Å². The summed E-state index contributed by atoms with van der Waals surface area (Å²) in [6.07, 6.45) is 9.42. The first-order chi connectivity index (χ1) is 18.5. The van der Waals surface area contributed by atoms with E-state index in [4.69, 9.17) is 9.84 Å². The van der Waals surface area contributed by atoms with Crippen molar-refractivity contribution in [3.05, 3.63) is 29.8 Å². The first-order valence-electron chi connectivity index (χ1n) is 14.8. The third kappa shape index (κ3) is 7.66. The Morgan fingerprint density at radius 2 is 1.72 bits per heavy atom. The molecule has 1 aromatic carbocycles. The number of benzene rings is 1. The first kappa shape index (κ1) is 31.7. The van der Waals surface area contributed by atoms with Gasteiger partial charge in [-0.15, -0.1) is 12.4 Å². The molecule has 1 spiro atoms. The van der Waals surface area contributed by atoms with Crippen LogP contribution in [0.4, 0.5) is 0 Å². The van der Waals surface area contributed by atoms with Gasteiger partial charge in [-0.2, -0.15) is 0 Å². The highest BCUT2D eigenvalue weighted by Gasteiger charge is 2.55. The number of nitrogens with zero attached hydrogens (tertiary/aromatic N) is 2. The summed E-state index contributed by atoms with van der Waals surface area (Å²) in [5.74, 6) is 0.738. The Bertz CT molecular complexity index is 900. The molecule has 220 valence electrons. The van der Waals surface area contributed by atoms with Gasteiger partial charge >= 0.3 is 0 Å². The van der Waals surface area contributed by atoms with Gasteiger partial charge in [-0.25, -0.2) is 0 Å². The van der Waals surface area contributed by atoms with Crippen molar-refractivity contribution in [3.8, 4) is 5.75 Å². The van der Waals surface area contributed by atoms with Gasteiger partial charge in [-0.3, -0.25) is 9.59 Å². The van der Waals surface area contributed by atoms with Crippen LogP contribution in [-0.2, 0) is 16.2 Å². The fourth-order valence-electron chi connectivity index (χ4n) is 6.42. The van der Waals surface area contributed by atoms with Crippen LogP contribution in [0.3, 0.4) is 0 Å². The molecule has 4 rings (SSSR count). The van der Waals surface area contributed by atoms with Crippen LogP contribution >= 0.6 is 12.4 Å². The van der Waals surface area contributed by atoms with Crippen LogP contribution in [0.15, 0.2) is 24.3 Å². The number of halogens is 1. The first-order valence-corrected chi connectivity index (χ1v) is 14.8. The average molecular weight is 566 g/mol. The van der Waals surface area contributed by atoms with Crippen LogP contribution in [-0.4, -0.2) is 82.3 Å². The molecule has 2 saturated heterocycles. The van der Waals surface area contributed by atoms with E-state index in [1.54, 1.807) is 0 Å². The number of rotatable bonds is 12. The third-order valence-electron chi connectivity index (χ3n) is 8.89. The molecule has 1 aliphatic carbocycles. The van der Waals surface area contributed by atoms with E-state index >= 15 is 0 Å². The van der Waals surface area contributed by atoms with Crippen molar-refractivity contribution in [1.82, 2.24) is 15.1 Å². The number of aliphatic hydroxyl groups excluding tert-OH is 2. The highest BCUT2D eigenvalue weighted by molar-refractivity contribution is 6.00. The van der Waals surface area contributed by atoms with Gasteiger partial charge < -0.3 is 30.1 Å². The van der Waals surface area contributed by atoms with Crippen molar-refractivity contribution in [2.75, 3.05) is 32.8 Å². The third-order valence-corrected chi connectivity index (χ3v) is 8.89. The largest absolute Gasteiger partial charge is 0.494 e. The molecule has 0 radical (unpaired) electrons. The van der Waals surface area contributed by atoms with Gasteiger partial charge in [0.05, 0.1) is 19.3 Å². The smallest absolute Gasteiger partial charge is 0.248 e. The number of amides is 2. The number of piperidine rings is 1. The molecule has 3 fully saturated rings. The normalized spacial score (nSPS) is 22.8. The number of hydrogen-bond acceptors (Lipinski definition) is 6. The fraction of sp³-hybridized carbons (Fsp3) is 0.733. The summed E-state index contributed by atoms with van der Waals surface area (Å²) in [5.41, 5.74) is 0.0767. The number of aliphatic hydroxyl groups is 2. The Labute approximate surface area is 239 Å². The van der Waals surface area contributed by atoms with Crippen molar-refractivity contribution in [2.24, 2.45) is 5.92 Å². The number of likely N-dealkylation sites (tertiary alicyclic amines) is 1. The van der Waals surface area contributed by atoms with Gasteiger partial charge in [0.2, 0.25) is 11.8 Å². The van der Waals surface area contributed by atoms with Crippen LogP contribution < -0.4 is 10.1 Å². The van der Waals surface area contributed by atoms with Crippen molar-refractivity contribution in [2.45, 2.75) is 102 Å². The number of ether oxygens (including phenoxy) is 1. The number of unbranched alkanes of at least 4 members (excludes halogenated alkanes) is 2. The van der Waals surface area contributed by atoms with Crippen LogP contribution in [0.2, 0.25) is 0 Å². The Morgan fingerprint density at radius 1 is 1.03 bits per heavy atom. The molecule has 0 unspecified atom stereocenters. The molecule has 1 saturated carbocycles. The second-order valence-corrected chi connectivity index (χ2v) is 11.4. The van der Waals surface area contributed by atoms with E-state index in [0.29, 0.717) is 26.0 Å². The zero-order valence-electron chi connectivity index (χ0n) is 23.5. The second-order valence-electron chi connectivity index (χ2n) is 11.4. The Morgan fingerprint density at radius 3 is 2.36 bits per heavy atom. The molecule has 2 heterocycles. The van der Waals surface area contributed by atoms with Gasteiger partial charge in [0.1, 0.15) is 17.3 Å². The summed E-state index contributed by atoms with van der Waals surface area (Å²) in [4.78, 5) is 31.6. The minimum atomic E-state index is -0.814. The molecule has 3 aliphatic rings. The molecule has 0 bridgehead atoms. The molecule has 1 aromatic rings. The summed E-state index contributed by atoms with van der Waals surface area (Å²) in [6, 6.07) is 6.69. The Kier molecular flexibility index (Phi) is 12.4. The lowest BCUT2D eigenvalue weighted by Crippen LogP contribution is -2.75. The number of nitrogens with one attached hydrogen (secondary N) is 1. The van der Waals surface area contributed by atoms with E-state index in [9.17, 15) is 14.7 Å². The van der Waals surface area contributed by atoms with Crippen molar-refractivity contribution in [1.29, 1.82) is 0 Å². The molecular weight excluding hydrogens is 518 g/mol.